The van der Waals surface area contributed by atoms with Gasteiger partial charge < -0.3 is 35.2 Å². The quantitative estimate of drug-likeness (QED) is 0.0193. The van der Waals surface area contributed by atoms with E-state index in [0.717, 1.165) is 51.4 Å². The number of unbranched alkanes of at least 4 members (excludes halogenated alkanes) is 31. The molecule has 7 unspecified atom stereocenters. The molecular weight excluding hydrogens is 823 g/mol. The van der Waals surface area contributed by atoms with Crippen LogP contribution in [0.15, 0.2) is 12.2 Å². The van der Waals surface area contributed by atoms with Crippen LogP contribution in [0.2, 0.25) is 0 Å². The number of aliphatic hydroxyl groups excluding tert-OH is 4. The van der Waals surface area contributed by atoms with E-state index in [4.69, 9.17) is 9.47 Å². The highest BCUT2D eigenvalue weighted by atomic mass is 32.3. The molecule has 12 nitrogen and oxygen atoms in total. The highest BCUT2D eigenvalue weighted by Crippen LogP contribution is 2.26. The number of carbonyl (C=O) groups excluding carboxylic acids is 1. The normalized spacial score (nSPS) is 20.4. The zero-order valence-corrected chi connectivity index (χ0v) is 41.0. The van der Waals surface area contributed by atoms with Crippen molar-refractivity contribution >= 4 is 16.3 Å². The van der Waals surface area contributed by atoms with E-state index in [9.17, 15) is 38.2 Å². The second kappa shape index (κ2) is 41.1. The largest absolute Gasteiger partial charge is 0.397 e. The van der Waals surface area contributed by atoms with Crippen LogP contribution in [-0.2, 0) is 28.9 Å². The first kappa shape index (κ1) is 59.9. The fourth-order valence-electron chi connectivity index (χ4n) is 8.51. The summed E-state index contributed by atoms with van der Waals surface area (Å²) in [5.41, 5.74) is 0. The van der Waals surface area contributed by atoms with Crippen molar-refractivity contribution in [3.63, 3.8) is 0 Å². The minimum absolute atomic E-state index is 0.231. The van der Waals surface area contributed by atoms with Gasteiger partial charge in [-0.15, -0.1) is 0 Å². The first-order chi connectivity index (χ1) is 30.5. The third kappa shape index (κ3) is 33.9. The van der Waals surface area contributed by atoms with Crippen molar-refractivity contribution in [1.29, 1.82) is 0 Å². The molecule has 0 aliphatic carbocycles. The standard InChI is InChI=1S/C50H97NO11S/c1-3-5-7-9-11-13-15-17-19-21-22-23-24-26-28-30-32-34-36-38-40-46(54)51-43(42-60-50-48(56)49(62-63(57,58)59)47(55)45(41-52)61-50)44(53)39-37-35-33-31-29-27-25-20-18-16-14-12-10-8-6-4-2/h22-23,43-45,47-50,52-53,55-56H,3-21,24-42H2,1-2H3,(H,51,54)(H,57,58,59)/b23-22-. The summed E-state index contributed by atoms with van der Waals surface area (Å²) in [4.78, 5) is 13.1. The van der Waals surface area contributed by atoms with Crippen LogP contribution in [0.1, 0.15) is 245 Å². The summed E-state index contributed by atoms with van der Waals surface area (Å²) in [7, 11) is -5.08. The van der Waals surface area contributed by atoms with Crippen LogP contribution in [0.5, 0.6) is 0 Å². The Bertz CT molecular complexity index is 1180. The molecule has 1 aliphatic rings. The molecule has 13 heteroatoms. The Balaban J connectivity index is 2.42. The fourth-order valence-corrected chi connectivity index (χ4v) is 9.02. The van der Waals surface area contributed by atoms with Crippen LogP contribution < -0.4 is 5.32 Å². The van der Waals surface area contributed by atoms with Crippen molar-refractivity contribution in [2.24, 2.45) is 0 Å². The number of rotatable bonds is 45. The predicted molar refractivity (Wildman–Crippen MR) is 255 cm³/mol. The van der Waals surface area contributed by atoms with Crippen molar-refractivity contribution in [2.75, 3.05) is 13.2 Å². The maximum atomic E-state index is 13.1. The molecule has 0 saturated carbocycles. The van der Waals surface area contributed by atoms with Gasteiger partial charge in [0.05, 0.1) is 25.4 Å². The highest BCUT2D eigenvalue weighted by Gasteiger charge is 2.48. The van der Waals surface area contributed by atoms with Gasteiger partial charge in [-0.25, -0.2) is 4.18 Å². The number of allylic oxidation sites excluding steroid dienone is 2. The van der Waals surface area contributed by atoms with E-state index in [-0.39, 0.29) is 18.9 Å². The molecule has 1 fully saturated rings. The number of hydrogen-bond acceptors (Lipinski definition) is 10. The lowest BCUT2D eigenvalue weighted by Gasteiger charge is -2.41. The summed E-state index contributed by atoms with van der Waals surface area (Å²) in [5, 5.41) is 45.0. The molecule has 1 rings (SSSR count). The first-order valence-corrected chi connectivity index (χ1v) is 27.4. The van der Waals surface area contributed by atoms with Crippen LogP contribution in [0.25, 0.3) is 0 Å². The second-order valence-electron chi connectivity index (χ2n) is 18.5. The number of ether oxygens (including phenoxy) is 2. The lowest BCUT2D eigenvalue weighted by atomic mass is 9.99. The van der Waals surface area contributed by atoms with E-state index in [1.807, 2.05) is 0 Å². The van der Waals surface area contributed by atoms with Gasteiger partial charge in [0, 0.05) is 6.42 Å². The van der Waals surface area contributed by atoms with Crippen LogP contribution in [0.3, 0.4) is 0 Å². The third-order valence-corrected chi connectivity index (χ3v) is 13.0. The molecule has 1 amide bonds. The predicted octanol–water partition coefficient (Wildman–Crippen LogP) is 11.1. The summed E-state index contributed by atoms with van der Waals surface area (Å²) in [6.07, 6.45) is 37.8. The number of carbonyl (C=O) groups is 1. The second-order valence-corrected chi connectivity index (χ2v) is 19.5. The van der Waals surface area contributed by atoms with Gasteiger partial charge in [-0.3, -0.25) is 9.35 Å². The van der Waals surface area contributed by atoms with Crippen LogP contribution in [0, 0.1) is 0 Å². The minimum atomic E-state index is -5.08. The molecule has 0 aromatic carbocycles. The molecule has 1 aliphatic heterocycles. The molecule has 7 atom stereocenters. The maximum absolute atomic E-state index is 13.1. The van der Waals surface area contributed by atoms with Crippen LogP contribution in [0.4, 0.5) is 0 Å². The van der Waals surface area contributed by atoms with Gasteiger partial charge in [0.15, 0.2) is 6.29 Å². The van der Waals surface area contributed by atoms with Gasteiger partial charge in [0.1, 0.15) is 24.4 Å². The Morgan fingerprint density at radius 1 is 0.619 bits per heavy atom. The highest BCUT2D eigenvalue weighted by molar-refractivity contribution is 7.80. The Kier molecular flexibility index (Phi) is 39.0. The summed E-state index contributed by atoms with van der Waals surface area (Å²) < 4.78 is 47.8. The van der Waals surface area contributed by atoms with Crippen molar-refractivity contribution in [3.8, 4) is 0 Å². The molecule has 0 radical (unpaired) electrons. The van der Waals surface area contributed by atoms with E-state index >= 15 is 0 Å². The zero-order chi connectivity index (χ0) is 46.2. The SMILES string of the molecule is CCCCCCCCCCC/C=C\CCCCCCCCCC(=O)NC(COC1OC(CO)C(O)C(OS(=O)(=O)O)C1O)C(O)CCCCCCCCCCCCCCCCCC. The number of amides is 1. The van der Waals surface area contributed by atoms with Crippen molar-refractivity contribution in [3.05, 3.63) is 12.2 Å². The van der Waals surface area contributed by atoms with Gasteiger partial charge in [0.25, 0.3) is 0 Å². The molecule has 0 bridgehead atoms. The van der Waals surface area contributed by atoms with Gasteiger partial charge in [-0.2, -0.15) is 8.42 Å². The summed E-state index contributed by atoms with van der Waals surface area (Å²) in [6, 6.07) is -0.857. The average molecular weight is 920 g/mol. The molecular formula is C50H97NO11S. The van der Waals surface area contributed by atoms with E-state index < -0.39 is 59.9 Å². The van der Waals surface area contributed by atoms with Gasteiger partial charge >= 0.3 is 10.4 Å². The average Bonchev–Trinajstić information content (AvgIpc) is 3.25. The molecule has 1 heterocycles. The summed E-state index contributed by atoms with van der Waals surface area (Å²) >= 11 is 0. The minimum Gasteiger partial charge on any atom is -0.394 e. The Hall–Kier alpha value is -1.16. The molecule has 374 valence electrons. The molecule has 6 N–H and O–H groups in total. The fraction of sp³-hybridized carbons (Fsp3) is 0.940. The Morgan fingerprint density at radius 3 is 1.43 bits per heavy atom. The first-order valence-electron chi connectivity index (χ1n) is 26.1. The lowest BCUT2D eigenvalue weighted by molar-refractivity contribution is -0.298. The maximum Gasteiger partial charge on any atom is 0.397 e. The lowest BCUT2D eigenvalue weighted by Crippen LogP contribution is -2.61. The van der Waals surface area contributed by atoms with Crippen molar-refractivity contribution in [2.45, 2.75) is 288 Å². The van der Waals surface area contributed by atoms with E-state index in [1.165, 1.54) is 161 Å². The molecule has 1 saturated heterocycles. The van der Waals surface area contributed by atoms with Crippen LogP contribution >= 0.6 is 0 Å². The number of hydrogen-bond donors (Lipinski definition) is 6. The third-order valence-electron chi connectivity index (χ3n) is 12.6. The van der Waals surface area contributed by atoms with Gasteiger partial charge in [-0.05, 0) is 38.5 Å². The smallest absolute Gasteiger partial charge is 0.394 e. The van der Waals surface area contributed by atoms with Crippen molar-refractivity contribution in [1.82, 2.24) is 5.32 Å². The number of aliphatic hydroxyl groups is 4. The summed E-state index contributed by atoms with van der Waals surface area (Å²) in [6.45, 7) is 3.47. The Labute approximate surface area is 385 Å². The van der Waals surface area contributed by atoms with E-state index in [2.05, 4.69) is 35.5 Å². The van der Waals surface area contributed by atoms with Crippen molar-refractivity contribution < 1.29 is 51.8 Å². The van der Waals surface area contributed by atoms with Gasteiger partial charge in [0.2, 0.25) is 5.91 Å². The van der Waals surface area contributed by atoms with Gasteiger partial charge in [-0.1, -0.05) is 212 Å². The molecule has 0 aromatic rings. The molecule has 0 aromatic heterocycles. The number of nitrogens with one attached hydrogen (secondary N) is 1. The van der Waals surface area contributed by atoms with Crippen LogP contribution in [-0.4, -0.2) is 95.4 Å². The topological polar surface area (TPSA) is 192 Å². The monoisotopic (exact) mass is 920 g/mol. The zero-order valence-electron chi connectivity index (χ0n) is 40.2. The summed E-state index contributed by atoms with van der Waals surface area (Å²) in [5.74, 6) is -0.231. The Morgan fingerprint density at radius 2 is 1.02 bits per heavy atom. The van der Waals surface area contributed by atoms with E-state index in [0.29, 0.717) is 12.8 Å². The van der Waals surface area contributed by atoms with E-state index in [1.54, 1.807) is 0 Å². The molecule has 63 heavy (non-hydrogen) atoms. The molecule has 0 spiro atoms.